The zero-order valence-corrected chi connectivity index (χ0v) is 13.9. The van der Waals surface area contributed by atoms with Crippen molar-refractivity contribution < 1.29 is 14.2 Å². The molecular formula is C17H24ClNO3. The number of halogens is 1. The summed E-state index contributed by atoms with van der Waals surface area (Å²) >= 11 is 6.40. The van der Waals surface area contributed by atoms with E-state index in [-0.39, 0.29) is 5.60 Å². The number of hydrogen-bond donors (Lipinski definition) is 0. The van der Waals surface area contributed by atoms with Gasteiger partial charge < -0.3 is 14.2 Å². The highest BCUT2D eigenvalue weighted by atomic mass is 35.5. The predicted octanol–water partition coefficient (Wildman–Crippen LogP) is 3.12. The van der Waals surface area contributed by atoms with E-state index in [1.165, 1.54) is 0 Å². The number of nitrogens with zero attached hydrogens (tertiary/aromatic N) is 1. The first-order chi connectivity index (χ1) is 10.7. The minimum absolute atomic E-state index is 0.0382. The Morgan fingerprint density at radius 3 is 2.86 bits per heavy atom. The summed E-state index contributed by atoms with van der Waals surface area (Å²) < 4.78 is 17.3. The Labute approximate surface area is 137 Å². The van der Waals surface area contributed by atoms with Crippen molar-refractivity contribution in [3.8, 4) is 5.75 Å². The van der Waals surface area contributed by atoms with Crippen LogP contribution in [0.4, 0.5) is 0 Å². The van der Waals surface area contributed by atoms with E-state index >= 15 is 0 Å². The Morgan fingerprint density at radius 2 is 2.09 bits per heavy atom. The van der Waals surface area contributed by atoms with Crippen LogP contribution in [-0.2, 0) is 16.0 Å². The van der Waals surface area contributed by atoms with Crippen LogP contribution in [0.2, 0.25) is 5.02 Å². The third kappa shape index (κ3) is 3.57. The van der Waals surface area contributed by atoms with E-state index in [0.717, 1.165) is 68.6 Å². The summed E-state index contributed by atoms with van der Waals surface area (Å²) in [5.41, 5.74) is 1.04. The average molecular weight is 326 g/mol. The van der Waals surface area contributed by atoms with Gasteiger partial charge in [-0.25, -0.2) is 0 Å². The molecule has 0 atom stereocenters. The molecule has 1 spiro atoms. The Kier molecular flexibility index (Phi) is 5.24. The molecule has 0 aromatic heterocycles. The second kappa shape index (κ2) is 7.18. The molecule has 1 aromatic rings. The Bertz CT molecular complexity index is 497. The first-order valence-corrected chi connectivity index (χ1v) is 8.44. The van der Waals surface area contributed by atoms with Crippen molar-refractivity contribution in [2.75, 3.05) is 39.5 Å². The molecule has 0 radical (unpaired) electrons. The van der Waals surface area contributed by atoms with Crippen LogP contribution in [0.25, 0.3) is 0 Å². The highest BCUT2D eigenvalue weighted by Gasteiger charge is 2.38. The molecule has 1 aromatic carbocycles. The lowest BCUT2D eigenvalue weighted by atomic mass is 9.92. The third-order valence-corrected chi connectivity index (χ3v) is 4.84. The van der Waals surface area contributed by atoms with Crippen LogP contribution >= 0.6 is 11.6 Å². The zero-order valence-electron chi connectivity index (χ0n) is 13.1. The number of morpholine rings is 1. The lowest BCUT2D eigenvalue weighted by Crippen LogP contribution is -2.54. The molecule has 5 heteroatoms. The van der Waals surface area contributed by atoms with Crippen LogP contribution in [0.5, 0.6) is 5.75 Å². The molecule has 0 bridgehead atoms. The fraction of sp³-hybridized carbons (Fsp3) is 0.647. The standard InChI is InChI=1S/C17H24ClNO3/c1-2-21-16-5-3-4-15(18)14(16)12-19-8-11-22-17(13-19)6-9-20-10-7-17/h3-5H,2,6-13H2,1H3. The van der Waals surface area contributed by atoms with Gasteiger partial charge in [-0.3, -0.25) is 4.90 Å². The van der Waals surface area contributed by atoms with Gasteiger partial charge in [0.15, 0.2) is 0 Å². The van der Waals surface area contributed by atoms with Gasteiger partial charge in [-0.15, -0.1) is 0 Å². The third-order valence-electron chi connectivity index (χ3n) is 4.49. The molecule has 0 N–H and O–H groups in total. The van der Waals surface area contributed by atoms with Gasteiger partial charge in [0.2, 0.25) is 0 Å². The summed E-state index contributed by atoms with van der Waals surface area (Å²) in [6.45, 7) is 7.68. The molecule has 2 fully saturated rings. The lowest BCUT2D eigenvalue weighted by molar-refractivity contribution is -0.155. The summed E-state index contributed by atoms with van der Waals surface area (Å²) in [7, 11) is 0. The normalized spacial score (nSPS) is 21.9. The van der Waals surface area contributed by atoms with E-state index < -0.39 is 0 Å². The maximum atomic E-state index is 6.40. The van der Waals surface area contributed by atoms with Crippen LogP contribution in [0, 0.1) is 0 Å². The van der Waals surface area contributed by atoms with Gasteiger partial charge in [-0.1, -0.05) is 17.7 Å². The molecule has 4 nitrogen and oxygen atoms in total. The fourth-order valence-electron chi connectivity index (χ4n) is 3.31. The number of rotatable bonds is 4. The molecule has 0 saturated carbocycles. The van der Waals surface area contributed by atoms with E-state index in [1.54, 1.807) is 0 Å². The summed E-state index contributed by atoms with van der Waals surface area (Å²) in [5.74, 6) is 0.891. The Morgan fingerprint density at radius 1 is 1.27 bits per heavy atom. The van der Waals surface area contributed by atoms with Crippen LogP contribution < -0.4 is 4.74 Å². The fourth-order valence-corrected chi connectivity index (χ4v) is 3.54. The molecular weight excluding hydrogens is 302 g/mol. The highest BCUT2D eigenvalue weighted by molar-refractivity contribution is 6.31. The molecule has 2 aliphatic heterocycles. The van der Waals surface area contributed by atoms with E-state index in [0.29, 0.717) is 6.61 Å². The van der Waals surface area contributed by atoms with Crippen LogP contribution in [0.3, 0.4) is 0 Å². The topological polar surface area (TPSA) is 30.9 Å². The molecule has 122 valence electrons. The smallest absolute Gasteiger partial charge is 0.125 e. The van der Waals surface area contributed by atoms with Crippen molar-refractivity contribution in [1.82, 2.24) is 4.90 Å². The molecule has 3 rings (SSSR count). The summed E-state index contributed by atoms with van der Waals surface area (Å²) in [6, 6.07) is 5.87. The maximum Gasteiger partial charge on any atom is 0.125 e. The van der Waals surface area contributed by atoms with Crippen LogP contribution in [0.1, 0.15) is 25.3 Å². The van der Waals surface area contributed by atoms with Crippen molar-refractivity contribution in [1.29, 1.82) is 0 Å². The van der Waals surface area contributed by atoms with E-state index in [9.17, 15) is 0 Å². The molecule has 2 saturated heterocycles. The van der Waals surface area contributed by atoms with Crippen molar-refractivity contribution >= 4 is 11.6 Å². The minimum Gasteiger partial charge on any atom is -0.493 e. The zero-order chi connectivity index (χ0) is 15.4. The van der Waals surface area contributed by atoms with Crippen molar-refractivity contribution in [2.24, 2.45) is 0 Å². The summed E-state index contributed by atoms with van der Waals surface area (Å²) in [5, 5.41) is 0.776. The van der Waals surface area contributed by atoms with Crippen molar-refractivity contribution in [3.63, 3.8) is 0 Å². The van der Waals surface area contributed by atoms with E-state index in [1.807, 2.05) is 25.1 Å². The van der Waals surface area contributed by atoms with Crippen molar-refractivity contribution in [3.05, 3.63) is 28.8 Å². The molecule has 22 heavy (non-hydrogen) atoms. The second-order valence-corrected chi connectivity index (χ2v) is 6.41. The Balaban J connectivity index is 1.72. The second-order valence-electron chi connectivity index (χ2n) is 6.00. The highest BCUT2D eigenvalue weighted by Crippen LogP contribution is 2.32. The Hall–Kier alpha value is -0.810. The molecule has 0 aliphatic carbocycles. The van der Waals surface area contributed by atoms with Gasteiger partial charge in [0.25, 0.3) is 0 Å². The van der Waals surface area contributed by atoms with Gasteiger partial charge in [0, 0.05) is 56.3 Å². The largest absolute Gasteiger partial charge is 0.493 e. The van der Waals surface area contributed by atoms with Gasteiger partial charge in [0.1, 0.15) is 5.75 Å². The SMILES string of the molecule is CCOc1cccc(Cl)c1CN1CCOC2(CCOCC2)C1. The van der Waals surface area contributed by atoms with Gasteiger partial charge in [-0.05, 0) is 19.1 Å². The number of benzene rings is 1. The average Bonchev–Trinajstić information content (AvgIpc) is 2.52. The van der Waals surface area contributed by atoms with Gasteiger partial charge in [0.05, 0.1) is 18.8 Å². The predicted molar refractivity (Wildman–Crippen MR) is 86.6 cm³/mol. The molecule has 0 amide bonds. The van der Waals surface area contributed by atoms with Gasteiger partial charge >= 0.3 is 0 Å². The monoisotopic (exact) mass is 325 g/mol. The number of hydrogen-bond acceptors (Lipinski definition) is 4. The summed E-state index contributed by atoms with van der Waals surface area (Å²) in [6.07, 6.45) is 1.95. The summed E-state index contributed by atoms with van der Waals surface area (Å²) in [4.78, 5) is 2.43. The molecule has 2 aliphatic rings. The van der Waals surface area contributed by atoms with Gasteiger partial charge in [-0.2, -0.15) is 0 Å². The minimum atomic E-state index is -0.0382. The molecule has 0 unspecified atom stereocenters. The van der Waals surface area contributed by atoms with Crippen LogP contribution in [0.15, 0.2) is 18.2 Å². The first kappa shape index (κ1) is 16.1. The quantitative estimate of drug-likeness (QED) is 0.851. The number of ether oxygens (including phenoxy) is 3. The molecule has 2 heterocycles. The lowest BCUT2D eigenvalue weighted by Gasteiger charge is -2.45. The van der Waals surface area contributed by atoms with E-state index in [4.69, 9.17) is 25.8 Å². The van der Waals surface area contributed by atoms with E-state index in [2.05, 4.69) is 4.90 Å². The van der Waals surface area contributed by atoms with Crippen molar-refractivity contribution in [2.45, 2.75) is 31.9 Å². The first-order valence-electron chi connectivity index (χ1n) is 8.07. The maximum absolute atomic E-state index is 6.40. The van der Waals surface area contributed by atoms with Crippen LogP contribution in [-0.4, -0.2) is 50.0 Å².